The third-order valence-electron chi connectivity index (χ3n) is 3.47. The van der Waals surface area contributed by atoms with Crippen LogP contribution in [0.25, 0.3) is 0 Å². The van der Waals surface area contributed by atoms with E-state index < -0.39 is 0 Å². The molecule has 0 aliphatic heterocycles. The van der Waals surface area contributed by atoms with Crippen molar-refractivity contribution in [3.63, 3.8) is 0 Å². The molecule has 0 heterocycles. The van der Waals surface area contributed by atoms with E-state index in [1.165, 1.54) is 5.56 Å². The summed E-state index contributed by atoms with van der Waals surface area (Å²) in [6, 6.07) is 18.2. The minimum atomic E-state index is -0.0942. The van der Waals surface area contributed by atoms with Crippen molar-refractivity contribution < 1.29 is 5.11 Å². The van der Waals surface area contributed by atoms with Gasteiger partial charge in [0.1, 0.15) is 0 Å². The Balaban J connectivity index is 2.23. The Morgan fingerprint density at radius 3 is 2.33 bits per heavy atom. The number of aliphatic hydroxyl groups is 1. The van der Waals surface area contributed by atoms with Gasteiger partial charge in [-0.3, -0.25) is 0 Å². The highest BCUT2D eigenvalue weighted by atomic mass is 79.9. The maximum Gasteiger partial charge on any atom is 0.0626 e. The molecule has 0 amide bonds. The van der Waals surface area contributed by atoms with Gasteiger partial charge in [0.05, 0.1) is 12.6 Å². The van der Waals surface area contributed by atoms with Crippen LogP contribution in [0, 0.1) is 0 Å². The zero-order valence-corrected chi connectivity index (χ0v) is 13.5. The molecule has 2 N–H and O–H groups in total. The molecule has 0 aliphatic carbocycles. The first kappa shape index (κ1) is 16.0. The molecule has 110 valence electrons. The van der Waals surface area contributed by atoms with Gasteiger partial charge in [-0.1, -0.05) is 70.5 Å². The molecule has 0 bridgehead atoms. The predicted molar refractivity (Wildman–Crippen MR) is 91.1 cm³/mol. The monoisotopic (exact) mass is 345 g/mol. The smallest absolute Gasteiger partial charge is 0.0626 e. The van der Waals surface area contributed by atoms with Crippen molar-refractivity contribution in [1.29, 1.82) is 0 Å². The standard InChI is InChI=1S/C18H20BrNO/c1-2-8-17(15-11-6-7-12-16(15)19)20-18(13-21)14-9-4-3-5-10-14/h2-7,9-12,17-18,20-21H,1,8,13H2/t17-,18?/m0/s1. The number of benzene rings is 2. The summed E-state index contributed by atoms with van der Waals surface area (Å²) < 4.78 is 1.06. The van der Waals surface area contributed by atoms with E-state index in [0.717, 1.165) is 16.5 Å². The Labute approximate surface area is 134 Å². The van der Waals surface area contributed by atoms with Gasteiger partial charge in [0.2, 0.25) is 0 Å². The summed E-state index contributed by atoms with van der Waals surface area (Å²) >= 11 is 3.60. The number of rotatable bonds is 7. The van der Waals surface area contributed by atoms with Gasteiger partial charge in [-0.15, -0.1) is 6.58 Å². The lowest BCUT2D eigenvalue weighted by Crippen LogP contribution is -2.29. The van der Waals surface area contributed by atoms with Crippen molar-refractivity contribution in [3.8, 4) is 0 Å². The van der Waals surface area contributed by atoms with Crippen LogP contribution in [0.2, 0.25) is 0 Å². The Morgan fingerprint density at radius 2 is 1.71 bits per heavy atom. The number of aliphatic hydroxyl groups excluding tert-OH is 1. The van der Waals surface area contributed by atoms with Crippen LogP contribution in [-0.4, -0.2) is 11.7 Å². The molecular weight excluding hydrogens is 326 g/mol. The summed E-state index contributed by atoms with van der Waals surface area (Å²) in [6.07, 6.45) is 2.70. The zero-order valence-electron chi connectivity index (χ0n) is 11.9. The van der Waals surface area contributed by atoms with Crippen LogP contribution >= 0.6 is 15.9 Å². The average molecular weight is 346 g/mol. The number of hydrogen-bond donors (Lipinski definition) is 2. The normalized spacial score (nSPS) is 13.6. The van der Waals surface area contributed by atoms with Gasteiger partial charge in [0.25, 0.3) is 0 Å². The second-order valence-corrected chi connectivity index (χ2v) is 5.77. The third-order valence-corrected chi connectivity index (χ3v) is 4.19. The first-order valence-corrected chi connectivity index (χ1v) is 7.82. The maximum absolute atomic E-state index is 9.71. The number of halogens is 1. The van der Waals surface area contributed by atoms with Crippen LogP contribution in [-0.2, 0) is 0 Å². The molecule has 2 aromatic rings. The zero-order chi connectivity index (χ0) is 15.1. The van der Waals surface area contributed by atoms with E-state index in [9.17, 15) is 5.11 Å². The molecule has 0 fully saturated rings. The van der Waals surface area contributed by atoms with Crippen LogP contribution in [0.5, 0.6) is 0 Å². The second-order valence-electron chi connectivity index (χ2n) is 4.91. The van der Waals surface area contributed by atoms with Gasteiger partial charge in [-0.2, -0.15) is 0 Å². The highest BCUT2D eigenvalue weighted by molar-refractivity contribution is 9.10. The summed E-state index contributed by atoms with van der Waals surface area (Å²) in [5, 5.41) is 13.2. The minimum absolute atomic E-state index is 0.0576. The van der Waals surface area contributed by atoms with E-state index in [4.69, 9.17) is 0 Å². The molecule has 2 aromatic carbocycles. The molecule has 2 nitrogen and oxygen atoms in total. The number of nitrogens with one attached hydrogen (secondary N) is 1. The largest absolute Gasteiger partial charge is 0.394 e. The third kappa shape index (κ3) is 4.27. The Bertz CT molecular complexity index is 570. The van der Waals surface area contributed by atoms with E-state index in [-0.39, 0.29) is 18.7 Å². The molecule has 21 heavy (non-hydrogen) atoms. The summed E-state index contributed by atoms with van der Waals surface area (Å²) in [7, 11) is 0. The van der Waals surface area contributed by atoms with E-state index >= 15 is 0 Å². The topological polar surface area (TPSA) is 32.3 Å². The van der Waals surface area contributed by atoms with Crippen LogP contribution in [0.1, 0.15) is 29.6 Å². The van der Waals surface area contributed by atoms with Gasteiger partial charge in [0, 0.05) is 10.5 Å². The summed E-state index contributed by atoms with van der Waals surface area (Å²) in [4.78, 5) is 0. The fourth-order valence-electron chi connectivity index (χ4n) is 2.39. The SMILES string of the molecule is C=CC[C@H](NC(CO)c1ccccc1)c1ccccc1Br. The molecule has 3 heteroatoms. The molecule has 0 spiro atoms. The van der Waals surface area contributed by atoms with E-state index in [0.29, 0.717) is 0 Å². The molecule has 2 rings (SSSR count). The van der Waals surface area contributed by atoms with Crippen molar-refractivity contribution in [2.45, 2.75) is 18.5 Å². The highest BCUT2D eigenvalue weighted by Crippen LogP contribution is 2.28. The Morgan fingerprint density at radius 1 is 1.05 bits per heavy atom. The minimum Gasteiger partial charge on any atom is -0.394 e. The Kier molecular flexibility index (Phi) is 6.18. The van der Waals surface area contributed by atoms with Crippen LogP contribution in [0.15, 0.2) is 71.7 Å². The van der Waals surface area contributed by atoms with Gasteiger partial charge in [0.15, 0.2) is 0 Å². The van der Waals surface area contributed by atoms with Gasteiger partial charge >= 0.3 is 0 Å². The first-order valence-electron chi connectivity index (χ1n) is 7.03. The van der Waals surface area contributed by atoms with E-state index in [2.05, 4.69) is 33.9 Å². The highest BCUT2D eigenvalue weighted by Gasteiger charge is 2.18. The van der Waals surface area contributed by atoms with Crippen LogP contribution in [0.4, 0.5) is 0 Å². The van der Waals surface area contributed by atoms with E-state index in [1.54, 1.807) is 0 Å². The molecule has 0 saturated heterocycles. The summed E-state index contributed by atoms with van der Waals surface area (Å²) in [6.45, 7) is 3.90. The van der Waals surface area contributed by atoms with Crippen LogP contribution in [0.3, 0.4) is 0 Å². The Hall–Kier alpha value is -1.42. The number of hydrogen-bond acceptors (Lipinski definition) is 2. The molecule has 0 aliphatic rings. The van der Waals surface area contributed by atoms with Crippen molar-refractivity contribution in [3.05, 3.63) is 82.9 Å². The van der Waals surface area contributed by atoms with E-state index in [1.807, 2.05) is 54.6 Å². The van der Waals surface area contributed by atoms with Gasteiger partial charge in [-0.05, 0) is 23.6 Å². The van der Waals surface area contributed by atoms with Gasteiger partial charge in [-0.25, -0.2) is 0 Å². The molecule has 0 aromatic heterocycles. The summed E-state index contributed by atoms with van der Waals surface area (Å²) in [5.74, 6) is 0. The molecule has 0 radical (unpaired) electrons. The predicted octanol–water partition coefficient (Wildman–Crippen LogP) is 4.39. The second kappa shape index (κ2) is 8.13. The molecule has 1 unspecified atom stereocenters. The lowest BCUT2D eigenvalue weighted by molar-refractivity contribution is 0.233. The quantitative estimate of drug-likeness (QED) is 0.729. The van der Waals surface area contributed by atoms with Crippen molar-refractivity contribution in [2.24, 2.45) is 0 Å². The van der Waals surface area contributed by atoms with Crippen LogP contribution < -0.4 is 5.32 Å². The van der Waals surface area contributed by atoms with Gasteiger partial charge < -0.3 is 10.4 Å². The van der Waals surface area contributed by atoms with Crippen molar-refractivity contribution >= 4 is 15.9 Å². The van der Waals surface area contributed by atoms with Crippen molar-refractivity contribution in [1.82, 2.24) is 5.32 Å². The molecule has 2 atom stereocenters. The van der Waals surface area contributed by atoms with Crippen molar-refractivity contribution in [2.75, 3.05) is 6.61 Å². The average Bonchev–Trinajstić information content (AvgIpc) is 2.53. The summed E-state index contributed by atoms with van der Waals surface area (Å²) in [5.41, 5.74) is 2.26. The lowest BCUT2D eigenvalue weighted by atomic mass is 10.0. The molecule has 0 saturated carbocycles. The fraction of sp³-hybridized carbons (Fsp3) is 0.222. The first-order chi connectivity index (χ1) is 10.3. The maximum atomic E-state index is 9.71. The molecular formula is C18H20BrNO. The fourth-order valence-corrected chi connectivity index (χ4v) is 2.95. The lowest BCUT2D eigenvalue weighted by Gasteiger charge is -2.25.